The Hall–Kier alpha value is -4.26. The van der Waals surface area contributed by atoms with Crippen LogP contribution in [0.2, 0.25) is 0 Å². The van der Waals surface area contributed by atoms with E-state index in [2.05, 4.69) is 15.6 Å². The molecular formula is C26H23N5O2. The van der Waals surface area contributed by atoms with Gasteiger partial charge in [0.15, 0.2) is 5.54 Å². The van der Waals surface area contributed by atoms with E-state index in [1.807, 2.05) is 91.9 Å². The molecule has 4 aromatic rings. The minimum atomic E-state index is -1.28. The topological polar surface area (TPSA) is 80.1 Å². The molecule has 0 aliphatic carbocycles. The zero-order chi connectivity index (χ0) is 22.8. The van der Waals surface area contributed by atoms with Crippen molar-refractivity contribution in [2.45, 2.75) is 25.6 Å². The van der Waals surface area contributed by atoms with Crippen molar-refractivity contribution in [1.29, 1.82) is 0 Å². The SMILES string of the molecule is Cc1ccc(Cn2cc(CN3C(=O)NC(c4ccccc4)(c4ccccc4)C3=O)nn2)cc1. The van der Waals surface area contributed by atoms with Gasteiger partial charge >= 0.3 is 6.03 Å². The summed E-state index contributed by atoms with van der Waals surface area (Å²) in [6.07, 6.45) is 1.77. The largest absolute Gasteiger partial charge is 0.325 e. The number of hydrogen-bond acceptors (Lipinski definition) is 4. The highest BCUT2D eigenvalue weighted by Crippen LogP contribution is 2.36. The zero-order valence-corrected chi connectivity index (χ0v) is 18.2. The quantitative estimate of drug-likeness (QED) is 0.467. The van der Waals surface area contributed by atoms with Gasteiger partial charge in [-0.05, 0) is 23.6 Å². The standard InChI is InChI=1S/C26H23N5O2/c1-19-12-14-20(15-13-19)16-30-17-23(28-29-30)18-31-24(32)26(27-25(31)33,21-8-4-2-5-9-21)22-10-6-3-7-11-22/h2-15,17H,16,18H2,1H3,(H,27,33). The number of aryl methyl sites for hydroxylation is 1. The number of hydrogen-bond donors (Lipinski definition) is 1. The lowest BCUT2D eigenvalue weighted by atomic mass is 9.82. The molecule has 2 heterocycles. The number of urea groups is 1. The van der Waals surface area contributed by atoms with E-state index in [9.17, 15) is 9.59 Å². The molecule has 1 saturated heterocycles. The van der Waals surface area contributed by atoms with Gasteiger partial charge in [0.25, 0.3) is 5.91 Å². The summed E-state index contributed by atoms with van der Waals surface area (Å²) in [4.78, 5) is 28.0. The Morgan fingerprint density at radius 3 is 2.03 bits per heavy atom. The Balaban J connectivity index is 1.42. The predicted octanol–water partition coefficient (Wildman–Crippen LogP) is 3.63. The van der Waals surface area contributed by atoms with E-state index in [-0.39, 0.29) is 12.5 Å². The molecule has 3 amide bonds. The molecule has 1 aromatic heterocycles. The summed E-state index contributed by atoms with van der Waals surface area (Å²) in [6, 6.07) is 26.3. The van der Waals surface area contributed by atoms with Crippen molar-refractivity contribution in [3.8, 4) is 0 Å². The Bertz CT molecular complexity index is 1240. The van der Waals surface area contributed by atoms with Crippen LogP contribution >= 0.6 is 0 Å². The number of imide groups is 1. The van der Waals surface area contributed by atoms with Crippen molar-refractivity contribution in [2.75, 3.05) is 0 Å². The molecule has 1 aliphatic heterocycles. The average Bonchev–Trinajstić information content (AvgIpc) is 3.39. The third-order valence-corrected chi connectivity index (χ3v) is 5.89. The second-order valence-electron chi connectivity index (χ2n) is 8.20. The number of carbonyl (C=O) groups excluding carboxylic acids is 2. The third kappa shape index (κ3) is 3.78. The zero-order valence-electron chi connectivity index (χ0n) is 18.2. The highest BCUT2D eigenvalue weighted by Gasteiger charge is 2.53. The van der Waals surface area contributed by atoms with Crippen LogP contribution in [0.3, 0.4) is 0 Å². The Labute approximate surface area is 191 Å². The minimum Gasteiger partial charge on any atom is -0.315 e. The molecule has 0 atom stereocenters. The number of amides is 3. The first-order valence-corrected chi connectivity index (χ1v) is 10.8. The fourth-order valence-electron chi connectivity index (χ4n) is 4.18. The Kier molecular flexibility index (Phi) is 5.22. The summed E-state index contributed by atoms with van der Waals surface area (Å²) >= 11 is 0. The number of nitrogens with zero attached hydrogens (tertiary/aromatic N) is 4. The van der Waals surface area contributed by atoms with Crippen molar-refractivity contribution in [2.24, 2.45) is 0 Å². The van der Waals surface area contributed by atoms with E-state index in [4.69, 9.17) is 0 Å². The molecule has 0 unspecified atom stereocenters. The molecule has 1 N–H and O–H groups in total. The van der Waals surface area contributed by atoms with Gasteiger partial charge in [-0.3, -0.25) is 9.69 Å². The van der Waals surface area contributed by atoms with E-state index in [0.29, 0.717) is 23.4 Å². The molecule has 0 bridgehead atoms. The number of carbonyl (C=O) groups is 2. The smallest absolute Gasteiger partial charge is 0.315 e. The van der Waals surface area contributed by atoms with Crippen LogP contribution in [0.4, 0.5) is 4.79 Å². The number of benzene rings is 3. The van der Waals surface area contributed by atoms with Crippen molar-refractivity contribution in [3.63, 3.8) is 0 Å². The van der Waals surface area contributed by atoms with Crippen LogP contribution in [0.5, 0.6) is 0 Å². The van der Waals surface area contributed by atoms with Gasteiger partial charge in [0, 0.05) is 0 Å². The van der Waals surface area contributed by atoms with Crippen molar-refractivity contribution in [1.82, 2.24) is 25.2 Å². The molecule has 1 aliphatic rings. The molecule has 0 radical (unpaired) electrons. The summed E-state index contributed by atoms with van der Waals surface area (Å²) in [5.74, 6) is -0.335. The van der Waals surface area contributed by atoms with E-state index in [1.165, 1.54) is 10.5 Å². The van der Waals surface area contributed by atoms with Gasteiger partial charge in [0.2, 0.25) is 0 Å². The highest BCUT2D eigenvalue weighted by atomic mass is 16.2. The van der Waals surface area contributed by atoms with Crippen LogP contribution in [-0.4, -0.2) is 31.8 Å². The Morgan fingerprint density at radius 1 is 0.818 bits per heavy atom. The minimum absolute atomic E-state index is 0.0416. The molecule has 7 heteroatoms. The van der Waals surface area contributed by atoms with Gasteiger partial charge < -0.3 is 5.32 Å². The third-order valence-electron chi connectivity index (χ3n) is 5.89. The van der Waals surface area contributed by atoms with Crippen LogP contribution in [0.25, 0.3) is 0 Å². The van der Waals surface area contributed by atoms with Gasteiger partial charge in [-0.25, -0.2) is 9.48 Å². The summed E-state index contributed by atoms with van der Waals surface area (Å²) in [5.41, 5.74) is 2.97. The summed E-state index contributed by atoms with van der Waals surface area (Å²) in [7, 11) is 0. The molecular weight excluding hydrogens is 414 g/mol. The van der Waals surface area contributed by atoms with E-state index < -0.39 is 11.6 Å². The van der Waals surface area contributed by atoms with Crippen LogP contribution in [-0.2, 0) is 23.4 Å². The lowest BCUT2D eigenvalue weighted by Crippen LogP contribution is -2.45. The Morgan fingerprint density at radius 2 is 1.42 bits per heavy atom. The molecule has 7 nitrogen and oxygen atoms in total. The lowest BCUT2D eigenvalue weighted by Gasteiger charge is -2.27. The van der Waals surface area contributed by atoms with Crippen LogP contribution in [0.1, 0.15) is 27.9 Å². The van der Waals surface area contributed by atoms with Crippen LogP contribution in [0.15, 0.2) is 91.1 Å². The molecule has 3 aromatic carbocycles. The van der Waals surface area contributed by atoms with Gasteiger partial charge in [0.1, 0.15) is 5.69 Å². The molecule has 164 valence electrons. The molecule has 1 fully saturated rings. The second kappa shape index (κ2) is 8.35. The maximum atomic E-state index is 13.8. The number of aromatic nitrogens is 3. The van der Waals surface area contributed by atoms with Gasteiger partial charge in [0.05, 0.1) is 19.3 Å². The second-order valence-corrected chi connectivity index (χ2v) is 8.20. The van der Waals surface area contributed by atoms with Gasteiger partial charge in [-0.1, -0.05) is 95.7 Å². The van der Waals surface area contributed by atoms with Crippen molar-refractivity contribution >= 4 is 11.9 Å². The van der Waals surface area contributed by atoms with E-state index in [1.54, 1.807) is 10.9 Å². The number of rotatable bonds is 6. The summed E-state index contributed by atoms with van der Waals surface area (Å²) < 4.78 is 1.71. The van der Waals surface area contributed by atoms with E-state index >= 15 is 0 Å². The summed E-state index contributed by atoms with van der Waals surface area (Å²) in [6.45, 7) is 2.64. The van der Waals surface area contributed by atoms with Crippen LogP contribution in [0, 0.1) is 6.92 Å². The first-order chi connectivity index (χ1) is 16.1. The fourth-order valence-corrected chi connectivity index (χ4v) is 4.18. The van der Waals surface area contributed by atoms with Crippen molar-refractivity contribution < 1.29 is 9.59 Å². The fraction of sp³-hybridized carbons (Fsp3) is 0.154. The normalized spacial score (nSPS) is 15.0. The highest BCUT2D eigenvalue weighted by molar-refractivity contribution is 6.09. The number of nitrogens with one attached hydrogen (secondary N) is 1. The maximum absolute atomic E-state index is 13.8. The molecule has 0 spiro atoms. The molecule has 0 saturated carbocycles. The predicted molar refractivity (Wildman–Crippen MR) is 123 cm³/mol. The monoisotopic (exact) mass is 437 g/mol. The summed E-state index contributed by atoms with van der Waals surface area (Å²) in [5, 5.41) is 11.3. The van der Waals surface area contributed by atoms with Gasteiger partial charge in [-0.15, -0.1) is 5.10 Å². The maximum Gasteiger partial charge on any atom is 0.325 e. The van der Waals surface area contributed by atoms with E-state index in [0.717, 1.165) is 5.56 Å². The molecule has 5 rings (SSSR count). The van der Waals surface area contributed by atoms with Gasteiger partial charge in [-0.2, -0.15) is 0 Å². The lowest BCUT2D eigenvalue weighted by molar-refractivity contribution is -0.130. The molecule has 33 heavy (non-hydrogen) atoms. The first-order valence-electron chi connectivity index (χ1n) is 10.8. The average molecular weight is 438 g/mol. The first kappa shape index (κ1) is 20.6. The van der Waals surface area contributed by atoms with Crippen molar-refractivity contribution in [3.05, 3.63) is 119 Å². The van der Waals surface area contributed by atoms with Crippen LogP contribution < -0.4 is 5.32 Å².